The van der Waals surface area contributed by atoms with Gasteiger partial charge in [-0.2, -0.15) is 0 Å². The van der Waals surface area contributed by atoms with Crippen LogP contribution in [0.1, 0.15) is 19.8 Å². The zero-order chi connectivity index (χ0) is 15.2. The molecular weight excluding hydrogens is 264 g/mol. The van der Waals surface area contributed by atoms with Crippen molar-refractivity contribution in [3.05, 3.63) is 0 Å². The molecule has 0 aromatic carbocycles. The van der Waals surface area contributed by atoms with Crippen LogP contribution in [0.2, 0.25) is 0 Å². The molecule has 116 valence electrons. The Balaban J connectivity index is 2.54. The Kier molecular flexibility index (Phi) is 6.38. The van der Waals surface area contributed by atoms with Crippen molar-refractivity contribution in [1.82, 2.24) is 10.2 Å². The largest absolute Gasteiger partial charge is 0.467 e. The van der Waals surface area contributed by atoms with E-state index in [0.29, 0.717) is 32.6 Å². The number of likely N-dealkylation sites (N-methyl/N-ethyl adjacent to an activating group) is 1. The van der Waals surface area contributed by atoms with Gasteiger partial charge in [-0.15, -0.1) is 0 Å². The topological polar surface area (TPSA) is 88.1 Å². The summed E-state index contributed by atoms with van der Waals surface area (Å²) in [6.07, 6.45) is 1.14. The fraction of sp³-hybridized carbons (Fsp3) is 0.846. The Morgan fingerprint density at radius 2 is 2.05 bits per heavy atom. The van der Waals surface area contributed by atoms with Crippen LogP contribution in [-0.4, -0.2) is 74.0 Å². The number of carbonyl (C=O) groups is 2. The molecule has 1 saturated heterocycles. The van der Waals surface area contributed by atoms with Crippen LogP contribution in [0.15, 0.2) is 0 Å². The summed E-state index contributed by atoms with van der Waals surface area (Å²) in [6, 6.07) is -0.731. The van der Waals surface area contributed by atoms with Crippen molar-refractivity contribution in [2.24, 2.45) is 0 Å². The first-order valence-electron chi connectivity index (χ1n) is 6.70. The SMILES string of the molecule is COC(=O)C(CN(C)CC1(O)CCOCC1)NC(C)=O. The van der Waals surface area contributed by atoms with Gasteiger partial charge in [0.15, 0.2) is 0 Å². The number of hydrogen-bond acceptors (Lipinski definition) is 6. The summed E-state index contributed by atoms with van der Waals surface area (Å²) in [5.41, 5.74) is -0.802. The molecule has 1 aliphatic heterocycles. The van der Waals surface area contributed by atoms with E-state index in [1.54, 1.807) is 7.05 Å². The van der Waals surface area contributed by atoms with E-state index >= 15 is 0 Å². The molecule has 20 heavy (non-hydrogen) atoms. The van der Waals surface area contributed by atoms with E-state index in [-0.39, 0.29) is 12.5 Å². The summed E-state index contributed by atoms with van der Waals surface area (Å²) >= 11 is 0. The smallest absolute Gasteiger partial charge is 0.329 e. The number of hydrogen-bond donors (Lipinski definition) is 2. The lowest BCUT2D eigenvalue weighted by Crippen LogP contribution is -2.52. The Hall–Kier alpha value is -1.18. The van der Waals surface area contributed by atoms with Crippen molar-refractivity contribution < 1.29 is 24.2 Å². The number of esters is 1. The summed E-state index contributed by atoms with van der Waals surface area (Å²) in [4.78, 5) is 24.5. The van der Waals surface area contributed by atoms with E-state index in [0.717, 1.165) is 0 Å². The van der Waals surface area contributed by atoms with Crippen molar-refractivity contribution in [1.29, 1.82) is 0 Å². The molecule has 1 amide bonds. The monoisotopic (exact) mass is 288 g/mol. The number of nitrogens with zero attached hydrogens (tertiary/aromatic N) is 1. The minimum atomic E-state index is -0.802. The highest BCUT2D eigenvalue weighted by molar-refractivity contribution is 5.83. The molecule has 0 aliphatic carbocycles. The van der Waals surface area contributed by atoms with Gasteiger partial charge in [0.2, 0.25) is 5.91 Å². The van der Waals surface area contributed by atoms with Crippen molar-refractivity contribution in [2.75, 3.05) is 40.5 Å². The molecule has 1 fully saturated rings. The van der Waals surface area contributed by atoms with Crippen LogP contribution in [0.3, 0.4) is 0 Å². The second kappa shape index (κ2) is 7.56. The first-order valence-corrected chi connectivity index (χ1v) is 6.70. The fourth-order valence-corrected chi connectivity index (χ4v) is 2.35. The van der Waals surface area contributed by atoms with Crippen LogP contribution in [0.4, 0.5) is 0 Å². The summed E-state index contributed by atoms with van der Waals surface area (Å²) in [6.45, 7) is 3.13. The number of carbonyl (C=O) groups excluding carboxylic acids is 2. The molecule has 0 aromatic heterocycles. The highest BCUT2D eigenvalue weighted by Crippen LogP contribution is 2.21. The number of amides is 1. The number of aliphatic hydroxyl groups is 1. The Bertz CT molecular complexity index is 342. The lowest BCUT2D eigenvalue weighted by Gasteiger charge is -2.36. The van der Waals surface area contributed by atoms with Gasteiger partial charge in [0.1, 0.15) is 6.04 Å². The predicted molar refractivity (Wildman–Crippen MR) is 72.1 cm³/mol. The van der Waals surface area contributed by atoms with Gasteiger partial charge in [-0.05, 0) is 7.05 Å². The van der Waals surface area contributed by atoms with Crippen LogP contribution in [0, 0.1) is 0 Å². The Labute approximate surface area is 119 Å². The summed E-state index contributed by atoms with van der Waals surface area (Å²) < 4.78 is 9.89. The molecule has 1 atom stereocenters. The van der Waals surface area contributed by atoms with Gasteiger partial charge in [-0.25, -0.2) is 4.79 Å². The molecule has 0 radical (unpaired) electrons. The molecule has 1 rings (SSSR count). The third-order valence-electron chi connectivity index (χ3n) is 3.35. The average molecular weight is 288 g/mol. The van der Waals surface area contributed by atoms with Gasteiger partial charge in [0.05, 0.1) is 12.7 Å². The lowest BCUT2D eigenvalue weighted by molar-refractivity contribution is -0.145. The van der Waals surface area contributed by atoms with Gasteiger partial charge in [0.25, 0.3) is 0 Å². The first-order chi connectivity index (χ1) is 9.36. The summed E-state index contributed by atoms with van der Waals surface area (Å²) in [7, 11) is 3.08. The van der Waals surface area contributed by atoms with Crippen LogP contribution >= 0.6 is 0 Å². The maximum absolute atomic E-state index is 11.6. The Morgan fingerprint density at radius 3 is 2.55 bits per heavy atom. The van der Waals surface area contributed by atoms with Crippen molar-refractivity contribution in [3.63, 3.8) is 0 Å². The number of nitrogens with one attached hydrogen (secondary N) is 1. The zero-order valence-electron chi connectivity index (χ0n) is 12.3. The zero-order valence-corrected chi connectivity index (χ0v) is 12.3. The molecule has 1 aliphatic rings. The van der Waals surface area contributed by atoms with E-state index < -0.39 is 17.6 Å². The molecular formula is C13H24N2O5. The summed E-state index contributed by atoms with van der Waals surface area (Å²) in [5, 5.41) is 13.0. The highest BCUT2D eigenvalue weighted by Gasteiger charge is 2.32. The van der Waals surface area contributed by atoms with Crippen LogP contribution in [-0.2, 0) is 19.1 Å². The van der Waals surface area contributed by atoms with E-state index in [1.165, 1.54) is 14.0 Å². The van der Waals surface area contributed by atoms with Gasteiger partial charge < -0.3 is 24.8 Å². The van der Waals surface area contributed by atoms with Crippen molar-refractivity contribution >= 4 is 11.9 Å². The molecule has 7 heteroatoms. The molecule has 0 bridgehead atoms. The number of methoxy groups -OCH3 is 1. The van der Waals surface area contributed by atoms with Gasteiger partial charge in [-0.3, -0.25) is 4.79 Å². The third kappa shape index (κ3) is 5.44. The quantitative estimate of drug-likeness (QED) is 0.618. The molecule has 0 spiro atoms. The maximum Gasteiger partial charge on any atom is 0.329 e. The van der Waals surface area contributed by atoms with Crippen LogP contribution < -0.4 is 5.32 Å². The Morgan fingerprint density at radius 1 is 1.45 bits per heavy atom. The van der Waals surface area contributed by atoms with Crippen molar-refractivity contribution in [2.45, 2.75) is 31.4 Å². The molecule has 1 unspecified atom stereocenters. The third-order valence-corrected chi connectivity index (χ3v) is 3.35. The van der Waals surface area contributed by atoms with Crippen LogP contribution in [0.25, 0.3) is 0 Å². The van der Waals surface area contributed by atoms with Gasteiger partial charge in [0, 0.05) is 46.1 Å². The maximum atomic E-state index is 11.6. The molecule has 0 saturated carbocycles. The standard InChI is InChI=1S/C13H24N2O5/c1-10(16)14-11(12(17)19-3)8-15(2)9-13(18)4-6-20-7-5-13/h11,18H,4-9H2,1-3H3,(H,14,16). The average Bonchev–Trinajstić information content (AvgIpc) is 2.36. The van der Waals surface area contributed by atoms with E-state index in [1.807, 2.05) is 4.90 Å². The molecule has 1 heterocycles. The lowest BCUT2D eigenvalue weighted by atomic mass is 9.94. The number of ether oxygens (including phenoxy) is 2. The summed E-state index contributed by atoms with van der Waals surface area (Å²) in [5.74, 6) is -0.787. The number of rotatable bonds is 6. The van der Waals surface area contributed by atoms with E-state index in [4.69, 9.17) is 4.74 Å². The molecule has 0 aromatic rings. The second-order valence-corrected chi connectivity index (χ2v) is 5.31. The van der Waals surface area contributed by atoms with Gasteiger partial charge >= 0.3 is 5.97 Å². The van der Waals surface area contributed by atoms with E-state index in [9.17, 15) is 14.7 Å². The second-order valence-electron chi connectivity index (χ2n) is 5.31. The molecule has 7 nitrogen and oxygen atoms in total. The van der Waals surface area contributed by atoms with Crippen LogP contribution in [0.5, 0.6) is 0 Å². The normalized spacial score (nSPS) is 19.4. The first kappa shape index (κ1) is 16.9. The van der Waals surface area contributed by atoms with Gasteiger partial charge in [-0.1, -0.05) is 0 Å². The van der Waals surface area contributed by atoms with E-state index in [2.05, 4.69) is 10.1 Å². The minimum absolute atomic E-state index is 0.287. The fourth-order valence-electron chi connectivity index (χ4n) is 2.35. The predicted octanol–water partition coefficient (Wildman–Crippen LogP) is -0.863. The molecule has 2 N–H and O–H groups in total. The van der Waals surface area contributed by atoms with Crippen molar-refractivity contribution in [3.8, 4) is 0 Å². The highest BCUT2D eigenvalue weighted by atomic mass is 16.5. The minimum Gasteiger partial charge on any atom is -0.467 e.